The van der Waals surface area contributed by atoms with Gasteiger partial charge >= 0.3 is 0 Å². The van der Waals surface area contributed by atoms with Gasteiger partial charge in [-0.2, -0.15) is 0 Å². The first kappa shape index (κ1) is 16.8. The third-order valence-electron chi connectivity index (χ3n) is 4.08. The molecule has 5 nitrogen and oxygen atoms in total. The van der Waals surface area contributed by atoms with Crippen LogP contribution < -0.4 is 5.32 Å². The minimum atomic E-state index is 0.256. The fourth-order valence-corrected chi connectivity index (χ4v) is 2.60. The van der Waals surface area contributed by atoms with Crippen molar-refractivity contribution in [3.63, 3.8) is 0 Å². The highest BCUT2D eigenvalue weighted by atomic mass is 16.2. The monoisotopic (exact) mass is 304 g/mol. The van der Waals surface area contributed by atoms with Gasteiger partial charge in [0, 0.05) is 45.0 Å². The number of para-hydroxylation sites is 1. The van der Waals surface area contributed by atoms with Gasteiger partial charge in [0.2, 0.25) is 5.91 Å². The van der Waals surface area contributed by atoms with Crippen LogP contribution in [0.15, 0.2) is 30.3 Å². The second kappa shape index (κ2) is 8.76. The zero-order valence-electron chi connectivity index (χ0n) is 13.8. The van der Waals surface area contributed by atoms with E-state index in [4.69, 9.17) is 0 Å². The van der Waals surface area contributed by atoms with E-state index < -0.39 is 0 Å². The first-order valence-corrected chi connectivity index (χ1v) is 8.09. The van der Waals surface area contributed by atoms with Crippen LogP contribution in [-0.2, 0) is 4.79 Å². The number of benzene rings is 1. The molecule has 5 heteroatoms. The quantitative estimate of drug-likeness (QED) is 0.768. The SMILES string of the molecule is CN1CCN(C(=O)CN(C)CCCNc2ccccc2)CC1. The Morgan fingerprint density at radius 2 is 1.86 bits per heavy atom. The van der Waals surface area contributed by atoms with Crippen LogP contribution in [-0.4, -0.2) is 80.5 Å². The molecule has 0 spiro atoms. The fourth-order valence-electron chi connectivity index (χ4n) is 2.60. The van der Waals surface area contributed by atoms with Crippen LogP contribution in [0.25, 0.3) is 0 Å². The highest BCUT2D eigenvalue weighted by Gasteiger charge is 2.19. The number of amides is 1. The van der Waals surface area contributed by atoms with Crippen LogP contribution in [0.4, 0.5) is 5.69 Å². The summed E-state index contributed by atoms with van der Waals surface area (Å²) in [6.07, 6.45) is 1.03. The van der Waals surface area contributed by atoms with Gasteiger partial charge in [-0.1, -0.05) is 18.2 Å². The van der Waals surface area contributed by atoms with Crippen molar-refractivity contribution in [3.8, 4) is 0 Å². The summed E-state index contributed by atoms with van der Waals surface area (Å²) < 4.78 is 0. The van der Waals surface area contributed by atoms with Gasteiger partial charge in [-0.25, -0.2) is 0 Å². The molecule has 1 aromatic carbocycles. The molecule has 1 fully saturated rings. The smallest absolute Gasteiger partial charge is 0.236 e. The van der Waals surface area contributed by atoms with Gasteiger partial charge in [-0.15, -0.1) is 0 Å². The number of nitrogens with one attached hydrogen (secondary N) is 1. The third-order valence-corrected chi connectivity index (χ3v) is 4.08. The average molecular weight is 304 g/mol. The summed E-state index contributed by atoms with van der Waals surface area (Å²) >= 11 is 0. The summed E-state index contributed by atoms with van der Waals surface area (Å²) in [6.45, 7) is 6.07. The second-order valence-electron chi connectivity index (χ2n) is 6.07. The van der Waals surface area contributed by atoms with E-state index in [0.717, 1.165) is 51.4 Å². The Labute approximate surface area is 133 Å². The number of likely N-dealkylation sites (N-methyl/N-ethyl adjacent to an activating group) is 2. The number of anilines is 1. The maximum absolute atomic E-state index is 12.2. The highest BCUT2D eigenvalue weighted by Crippen LogP contribution is 2.05. The Hall–Kier alpha value is -1.59. The Morgan fingerprint density at radius 3 is 2.55 bits per heavy atom. The van der Waals surface area contributed by atoms with Crippen LogP contribution in [0.5, 0.6) is 0 Å². The highest BCUT2D eigenvalue weighted by molar-refractivity contribution is 5.78. The molecule has 1 N–H and O–H groups in total. The Morgan fingerprint density at radius 1 is 1.18 bits per heavy atom. The molecule has 1 aliphatic rings. The Bertz CT molecular complexity index is 443. The molecule has 2 rings (SSSR count). The maximum atomic E-state index is 12.2. The van der Waals surface area contributed by atoms with Crippen molar-refractivity contribution < 1.29 is 4.79 Å². The number of carbonyl (C=O) groups excluding carboxylic acids is 1. The van der Waals surface area contributed by atoms with E-state index in [9.17, 15) is 4.79 Å². The van der Waals surface area contributed by atoms with Crippen LogP contribution in [0.3, 0.4) is 0 Å². The number of hydrogen-bond donors (Lipinski definition) is 1. The van der Waals surface area contributed by atoms with Crippen molar-refractivity contribution in [2.75, 3.05) is 65.2 Å². The van der Waals surface area contributed by atoms with E-state index in [-0.39, 0.29) is 5.91 Å². The molecule has 1 amide bonds. The maximum Gasteiger partial charge on any atom is 0.236 e. The van der Waals surface area contributed by atoms with Crippen LogP contribution in [0, 0.1) is 0 Å². The van der Waals surface area contributed by atoms with Gasteiger partial charge < -0.3 is 15.1 Å². The number of rotatable bonds is 7. The lowest BCUT2D eigenvalue weighted by atomic mass is 10.3. The van der Waals surface area contributed by atoms with Gasteiger partial charge in [0.05, 0.1) is 6.54 Å². The normalized spacial score (nSPS) is 16.0. The molecule has 22 heavy (non-hydrogen) atoms. The number of carbonyl (C=O) groups is 1. The average Bonchev–Trinajstić information content (AvgIpc) is 2.53. The molecule has 1 saturated heterocycles. The van der Waals surface area contributed by atoms with Gasteiger partial charge in [0.25, 0.3) is 0 Å². The lowest BCUT2D eigenvalue weighted by Gasteiger charge is -2.33. The molecule has 1 aromatic rings. The predicted octanol–water partition coefficient (Wildman–Crippen LogP) is 1.19. The molecule has 0 unspecified atom stereocenters. The molecule has 1 aliphatic heterocycles. The molecule has 0 aliphatic carbocycles. The summed E-state index contributed by atoms with van der Waals surface area (Å²) in [5.74, 6) is 0.256. The molecule has 122 valence electrons. The second-order valence-corrected chi connectivity index (χ2v) is 6.07. The summed E-state index contributed by atoms with van der Waals surface area (Å²) in [7, 11) is 4.13. The summed E-state index contributed by atoms with van der Waals surface area (Å²) in [4.78, 5) is 18.6. The molecular weight excluding hydrogens is 276 g/mol. The van der Waals surface area contributed by atoms with E-state index >= 15 is 0 Å². The molecule has 0 aromatic heterocycles. The Balaban J connectivity index is 1.59. The van der Waals surface area contributed by atoms with E-state index in [1.807, 2.05) is 30.1 Å². The molecule has 0 atom stereocenters. The van der Waals surface area contributed by atoms with E-state index in [1.165, 1.54) is 0 Å². The predicted molar refractivity (Wildman–Crippen MR) is 91.1 cm³/mol. The van der Waals surface area contributed by atoms with Crippen LogP contribution in [0.1, 0.15) is 6.42 Å². The first-order chi connectivity index (χ1) is 10.6. The molecule has 0 radical (unpaired) electrons. The van der Waals surface area contributed by atoms with E-state index in [1.54, 1.807) is 0 Å². The number of piperazine rings is 1. The minimum absolute atomic E-state index is 0.256. The van der Waals surface area contributed by atoms with Crippen molar-refractivity contribution in [1.82, 2.24) is 14.7 Å². The van der Waals surface area contributed by atoms with Crippen LogP contribution in [0.2, 0.25) is 0 Å². The van der Waals surface area contributed by atoms with Gasteiger partial charge in [0.1, 0.15) is 0 Å². The number of hydrogen-bond acceptors (Lipinski definition) is 4. The zero-order chi connectivity index (χ0) is 15.8. The van der Waals surface area contributed by atoms with E-state index in [0.29, 0.717) is 6.54 Å². The van der Waals surface area contributed by atoms with Crippen molar-refractivity contribution in [2.24, 2.45) is 0 Å². The minimum Gasteiger partial charge on any atom is -0.385 e. The van der Waals surface area contributed by atoms with Gasteiger partial charge in [-0.3, -0.25) is 9.69 Å². The summed E-state index contributed by atoms with van der Waals surface area (Å²) in [5, 5.41) is 3.39. The molecule has 0 saturated carbocycles. The van der Waals surface area contributed by atoms with Crippen molar-refractivity contribution >= 4 is 11.6 Å². The Kier molecular flexibility index (Phi) is 6.68. The van der Waals surface area contributed by atoms with Crippen molar-refractivity contribution in [1.29, 1.82) is 0 Å². The van der Waals surface area contributed by atoms with Crippen LogP contribution >= 0.6 is 0 Å². The topological polar surface area (TPSA) is 38.8 Å². The van der Waals surface area contributed by atoms with Crippen molar-refractivity contribution in [2.45, 2.75) is 6.42 Å². The standard InChI is InChI=1S/C17H28N4O/c1-19-11-13-21(14-12-19)17(22)15-20(2)10-6-9-18-16-7-4-3-5-8-16/h3-5,7-8,18H,6,9-15H2,1-2H3. The first-order valence-electron chi connectivity index (χ1n) is 8.09. The lowest BCUT2D eigenvalue weighted by Crippen LogP contribution is -2.49. The molecule has 1 heterocycles. The summed E-state index contributed by atoms with van der Waals surface area (Å²) in [5.41, 5.74) is 1.15. The molecule has 0 bridgehead atoms. The molecular formula is C17H28N4O. The summed E-state index contributed by atoms with van der Waals surface area (Å²) in [6, 6.07) is 10.2. The largest absolute Gasteiger partial charge is 0.385 e. The van der Waals surface area contributed by atoms with Crippen molar-refractivity contribution in [3.05, 3.63) is 30.3 Å². The zero-order valence-corrected chi connectivity index (χ0v) is 13.8. The van der Waals surface area contributed by atoms with Gasteiger partial charge in [-0.05, 0) is 32.6 Å². The lowest BCUT2D eigenvalue weighted by molar-refractivity contribution is -0.133. The van der Waals surface area contributed by atoms with Gasteiger partial charge in [0.15, 0.2) is 0 Å². The fraction of sp³-hybridized carbons (Fsp3) is 0.588. The number of nitrogens with zero attached hydrogens (tertiary/aromatic N) is 3. The van der Waals surface area contributed by atoms with E-state index in [2.05, 4.69) is 34.3 Å². The third kappa shape index (κ3) is 5.66.